The van der Waals surface area contributed by atoms with E-state index in [2.05, 4.69) is 12.1 Å². The number of Topliss-reactive ketones (excluding diaryl/α,β-unsaturated/α-hetero) is 1. The van der Waals surface area contributed by atoms with Gasteiger partial charge in [-0.3, -0.25) is 4.79 Å². The van der Waals surface area contributed by atoms with E-state index in [1.807, 2.05) is 53.5 Å². The van der Waals surface area contributed by atoms with Gasteiger partial charge in [-0.15, -0.1) is 0 Å². The van der Waals surface area contributed by atoms with Crippen molar-refractivity contribution >= 4 is 29.1 Å². The maximum absolute atomic E-state index is 13.5. The van der Waals surface area contributed by atoms with Crippen LogP contribution in [0.5, 0.6) is 0 Å². The first-order valence-electron chi connectivity index (χ1n) is 9.78. The van der Waals surface area contributed by atoms with E-state index in [9.17, 15) is 15.3 Å². The molecule has 3 atom stereocenters. The number of carbonyl (C=O) groups excluding carboxylic acids is 1. The quantitative estimate of drug-likeness (QED) is 0.748. The van der Waals surface area contributed by atoms with E-state index in [1.165, 1.54) is 0 Å². The molecule has 29 heavy (non-hydrogen) atoms. The lowest BCUT2D eigenvalue weighted by atomic mass is 9.69. The molecule has 0 spiro atoms. The SMILES string of the molecule is N#CC1(C#N)[C@H](c2ccc(Cl)cc2)[C@@H](C(=O)C2CC2)N2c3ccccc3C=C[C@@H]21. The molecule has 0 bridgehead atoms. The first-order valence-corrected chi connectivity index (χ1v) is 10.2. The number of carbonyl (C=O) groups is 1. The predicted octanol–water partition coefficient (Wildman–Crippen LogP) is 4.72. The molecular formula is C24H18ClN3O. The minimum atomic E-state index is -1.37. The van der Waals surface area contributed by atoms with Crippen LogP contribution in [0.2, 0.25) is 5.02 Å². The Labute approximate surface area is 174 Å². The molecule has 2 aliphatic heterocycles. The van der Waals surface area contributed by atoms with Crippen LogP contribution in [0.4, 0.5) is 5.69 Å². The molecule has 4 nitrogen and oxygen atoms in total. The Balaban J connectivity index is 1.76. The molecule has 3 aliphatic rings. The van der Waals surface area contributed by atoms with Crippen LogP contribution < -0.4 is 4.90 Å². The van der Waals surface area contributed by atoms with Crippen LogP contribution in [0.15, 0.2) is 54.6 Å². The Bertz CT molecular complexity index is 1090. The number of anilines is 1. The fourth-order valence-corrected chi connectivity index (χ4v) is 5.04. The fourth-order valence-electron chi connectivity index (χ4n) is 4.91. The Morgan fingerprint density at radius 2 is 1.76 bits per heavy atom. The van der Waals surface area contributed by atoms with Gasteiger partial charge in [0.25, 0.3) is 0 Å². The molecule has 0 aromatic heterocycles. The summed E-state index contributed by atoms with van der Waals surface area (Å²) in [6, 6.07) is 18.7. The van der Waals surface area contributed by atoms with E-state index in [4.69, 9.17) is 11.6 Å². The van der Waals surface area contributed by atoms with Crippen LogP contribution in [0, 0.1) is 34.0 Å². The minimum Gasteiger partial charge on any atom is -0.351 e. The summed E-state index contributed by atoms with van der Waals surface area (Å²) in [5.41, 5.74) is 1.34. The van der Waals surface area contributed by atoms with Crippen molar-refractivity contribution in [3.8, 4) is 12.1 Å². The van der Waals surface area contributed by atoms with Crippen molar-refractivity contribution in [1.82, 2.24) is 0 Å². The number of nitriles is 2. The molecule has 2 aromatic carbocycles. The van der Waals surface area contributed by atoms with Gasteiger partial charge in [-0.25, -0.2) is 0 Å². The van der Waals surface area contributed by atoms with Crippen molar-refractivity contribution in [3.05, 3.63) is 70.8 Å². The van der Waals surface area contributed by atoms with Gasteiger partial charge >= 0.3 is 0 Å². The van der Waals surface area contributed by atoms with Crippen molar-refractivity contribution in [1.29, 1.82) is 10.5 Å². The summed E-state index contributed by atoms with van der Waals surface area (Å²) in [4.78, 5) is 15.6. The fraction of sp³-hybridized carbons (Fsp3) is 0.292. The van der Waals surface area contributed by atoms with Gasteiger partial charge in [0.15, 0.2) is 11.2 Å². The second-order valence-corrected chi connectivity index (χ2v) is 8.45. The molecule has 2 fully saturated rings. The van der Waals surface area contributed by atoms with E-state index in [-0.39, 0.29) is 11.7 Å². The van der Waals surface area contributed by atoms with Crippen LogP contribution in [0.25, 0.3) is 6.08 Å². The molecular weight excluding hydrogens is 382 g/mol. The number of para-hydroxylation sites is 1. The highest BCUT2D eigenvalue weighted by Crippen LogP contribution is 2.56. The van der Waals surface area contributed by atoms with Gasteiger partial charge in [0.05, 0.1) is 24.2 Å². The molecule has 0 amide bonds. The lowest BCUT2D eigenvalue weighted by Gasteiger charge is -2.35. The Kier molecular flexibility index (Phi) is 4.02. The van der Waals surface area contributed by atoms with Crippen LogP contribution in [-0.2, 0) is 4.79 Å². The number of rotatable bonds is 3. The van der Waals surface area contributed by atoms with Crippen LogP contribution in [-0.4, -0.2) is 17.9 Å². The second-order valence-electron chi connectivity index (χ2n) is 8.01. The van der Waals surface area contributed by atoms with Crippen LogP contribution in [0.3, 0.4) is 0 Å². The molecule has 2 heterocycles. The zero-order chi connectivity index (χ0) is 20.2. The number of fused-ring (bicyclic) bond motifs is 3. The van der Waals surface area contributed by atoms with Gasteiger partial charge < -0.3 is 4.90 Å². The van der Waals surface area contributed by atoms with Crippen molar-refractivity contribution in [2.24, 2.45) is 11.3 Å². The van der Waals surface area contributed by atoms with E-state index in [0.29, 0.717) is 5.02 Å². The third kappa shape index (κ3) is 2.53. The average Bonchev–Trinajstić information content (AvgIpc) is 3.56. The smallest absolute Gasteiger partial charge is 0.176 e. The van der Waals surface area contributed by atoms with Crippen LogP contribution >= 0.6 is 11.6 Å². The standard InChI is InChI=1S/C24H18ClN3O/c25-18-10-7-16(8-11-18)21-22(23(29)17-5-6-17)28-19-4-2-1-3-15(19)9-12-20(28)24(21,13-26)14-27/h1-4,7-12,17,20-22H,5-6H2/t20-,21-,22+/m1/s1. The zero-order valence-corrected chi connectivity index (χ0v) is 16.4. The number of ketones is 1. The van der Waals surface area contributed by atoms with Gasteiger partial charge in [-0.05, 0) is 42.2 Å². The van der Waals surface area contributed by atoms with Crippen LogP contribution in [0.1, 0.15) is 29.9 Å². The topological polar surface area (TPSA) is 67.9 Å². The minimum absolute atomic E-state index is 0.0155. The lowest BCUT2D eigenvalue weighted by molar-refractivity contribution is -0.121. The molecule has 1 saturated carbocycles. The number of hydrogen-bond acceptors (Lipinski definition) is 4. The van der Waals surface area contributed by atoms with Crippen molar-refractivity contribution in [2.75, 3.05) is 4.90 Å². The molecule has 5 rings (SSSR count). The van der Waals surface area contributed by atoms with Gasteiger partial charge in [-0.1, -0.05) is 54.1 Å². The highest BCUT2D eigenvalue weighted by Gasteiger charge is 2.64. The molecule has 2 aromatic rings. The summed E-state index contributed by atoms with van der Waals surface area (Å²) in [7, 11) is 0. The third-order valence-corrected chi connectivity index (χ3v) is 6.67. The monoisotopic (exact) mass is 399 g/mol. The van der Waals surface area contributed by atoms with E-state index in [1.54, 1.807) is 12.1 Å². The Morgan fingerprint density at radius 3 is 2.41 bits per heavy atom. The summed E-state index contributed by atoms with van der Waals surface area (Å²) < 4.78 is 0. The first-order chi connectivity index (χ1) is 14.1. The van der Waals surface area contributed by atoms with Gasteiger partial charge in [0.1, 0.15) is 0 Å². The van der Waals surface area contributed by atoms with Crippen molar-refractivity contribution < 1.29 is 4.79 Å². The number of hydrogen-bond donors (Lipinski definition) is 0. The van der Waals surface area contributed by atoms with Gasteiger partial charge in [-0.2, -0.15) is 10.5 Å². The van der Waals surface area contributed by atoms with Crippen molar-refractivity contribution in [3.63, 3.8) is 0 Å². The summed E-state index contributed by atoms with van der Waals surface area (Å²) in [6.07, 6.45) is 5.64. The maximum atomic E-state index is 13.5. The molecule has 0 radical (unpaired) electrons. The average molecular weight is 400 g/mol. The summed E-state index contributed by atoms with van der Waals surface area (Å²) >= 11 is 6.09. The molecule has 142 valence electrons. The third-order valence-electron chi connectivity index (χ3n) is 6.42. The Hall–Kier alpha value is -3.08. The maximum Gasteiger partial charge on any atom is 0.176 e. The van der Waals surface area contributed by atoms with Gasteiger partial charge in [0, 0.05) is 22.5 Å². The molecule has 5 heteroatoms. The number of nitrogens with zero attached hydrogens (tertiary/aromatic N) is 3. The normalized spacial score (nSPS) is 26.2. The first kappa shape index (κ1) is 18.0. The summed E-state index contributed by atoms with van der Waals surface area (Å²) in [5, 5.41) is 21.1. The largest absolute Gasteiger partial charge is 0.351 e. The molecule has 0 unspecified atom stereocenters. The second kappa shape index (κ2) is 6.48. The summed E-state index contributed by atoms with van der Waals surface area (Å²) in [6.45, 7) is 0. The zero-order valence-electron chi connectivity index (χ0n) is 15.6. The summed E-state index contributed by atoms with van der Waals surface area (Å²) in [5.74, 6) is -0.405. The van der Waals surface area contributed by atoms with E-state index < -0.39 is 23.4 Å². The predicted molar refractivity (Wildman–Crippen MR) is 111 cm³/mol. The molecule has 1 saturated heterocycles. The molecule has 0 N–H and O–H groups in total. The lowest BCUT2D eigenvalue weighted by Crippen LogP contribution is -2.44. The molecule has 1 aliphatic carbocycles. The van der Waals surface area contributed by atoms with Gasteiger partial charge in [0.2, 0.25) is 0 Å². The highest BCUT2D eigenvalue weighted by molar-refractivity contribution is 6.30. The number of benzene rings is 2. The number of halogens is 1. The highest BCUT2D eigenvalue weighted by atomic mass is 35.5. The van der Waals surface area contributed by atoms with Crippen molar-refractivity contribution in [2.45, 2.75) is 30.8 Å². The van der Waals surface area contributed by atoms with E-state index in [0.717, 1.165) is 29.7 Å². The Morgan fingerprint density at radius 1 is 1.07 bits per heavy atom. The van der Waals surface area contributed by atoms with E-state index >= 15 is 0 Å².